The summed E-state index contributed by atoms with van der Waals surface area (Å²) in [5.41, 5.74) is 0. The predicted molar refractivity (Wildman–Crippen MR) is 98.3 cm³/mol. The van der Waals surface area contributed by atoms with E-state index >= 15 is 0 Å². The first-order valence-corrected chi connectivity index (χ1v) is 12.3. The van der Waals surface area contributed by atoms with Crippen molar-refractivity contribution < 1.29 is 4.43 Å². The van der Waals surface area contributed by atoms with Gasteiger partial charge in [-0.25, -0.2) is 0 Å². The van der Waals surface area contributed by atoms with Crippen LogP contribution in [-0.4, -0.2) is 24.8 Å². The lowest BCUT2D eigenvalue weighted by atomic mass is 9.92. The van der Waals surface area contributed by atoms with Gasteiger partial charge in [0, 0.05) is 12.6 Å². The maximum atomic E-state index is 6.69. The average molecular weight is 361 g/mol. The van der Waals surface area contributed by atoms with Crippen LogP contribution < -0.4 is 5.32 Å². The highest BCUT2D eigenvalue weighted by Gasteiger charge is 2.41. The van der Waals surface area contributed by atoms with Crippen LogP contribution in [0.4, 0.5) is 0 Å². The van der Waals surface area contributed by atoms with Crippen LogP contribution in [-0.2, 0) is 11.0 Å². The zero-order valence-electron chi connectivity index (χ0n) is 14.4. The fourth-order valence-corrected chi connectivity index (χ4v) is 4.86. The molecular weight excluding hydrogens is 332 g/mol. The monoisotopic (exact) mass is 360 g/mol. The minimum absolute atomic E-state index is 0.260. The Kier molecular flexibility index (Phi) is 6.11. The molecule has 1 N–H and O–H groups in total. The number of hydrogen-bond acceptors (Lipinski definition) is 4. The van der Waals surface area contributed by atoms with Crippen LogP contribution in [0.15, 0.2) is 6.20 Å². The van der Waals surface area contributed by atoms with Gasteiger partial charge in [-0.1, -0.05) is 45.2 Å². The van der Waals surface area contributed by atoms with Crippen LogP contribution in [0.3, 0.4) is 0 Å². The lowest BCUT2D eigenvalue weighted by molar-refractivity contribution is 0.0989. The minimum atomic E-state index is -1.72. The third kappa shape index (κ3) is 4.54. The van der Waals surface area contributed by atoms with Crippen molar-refractivity contribution in [2.75, 3.05) is 0 Å². The summed E-state index contributed by atoms with van der Waals surface area (Å²) >= 11 is 7.62. The van der Waals surface area contributed by atoms with Gasteiger partial charge in [-0.05, 0) is 42.5 Å². The largest absolute Gasteiger partial charge is 0.412 e. The average Bonchev–Trinajstić information content (AvgIpc) is 2.81. The summed E-state index contributed by atoms with van der Waals surface area (Å²) < 4.78 is 10.8. The minimum Gasteiger partial charge on any atom is -0.412 e. The standard InChI is InChI=1S/C16H29ClN2OSSi/c1-16(2,3)22(4,5)20-14-9-7-6-8-13(14)18-11-15-12(17)10-19-21-15/h10,13-14,18H,6-9,11H2,1-5H3/t13-,14-/m0/s1. The summed E-state index contributed by atoms with van der Waals surface area (Å²) in [6, 6.07) is 0.432. The zero-order chi connectivity index (χ0) is 16.4. The molecule has 0 spiro atoms. The second kappa shape index (κ2) is 7.30. The van der Waals surface area contributed by atoms with Crippen molar-refractivity contribution >= 4 is 31.5 Å². The third-order valence-electron chi connectivity index (χ3n) is 5.07. The summed E-state index contributed by atoms with van der Waals surface area (Å²) in [4.78, 5) is 1.12. The van der Waals surface area contributed by atoms with Gasteiger partial charge in [-0.3, -0.25) is 0 Å². The normalized spacial score (nSPS) is 23.7. The molecule has 0 saturated heterocycles. The van der Waals surface area contributed by atoms with Crippen LogP contribution in [0.25, 0.3) is 0 Å². The van der Waals surface area contributed by atoms with E-state index in [1.54, 1.807) is 6.20 Å². The van der Waals surface area contributed by atoms with Crippen molar-refractivity contribution in [2.45, 2.75) is 83.3 Å². The van der Waals surface area contributed by atoms with Crippen molar-refractivity contribution in [3.05, 3.63) is 16.1 Å². The molecule has 1 saturated carbocycles. The van der Waals surface area contributed by atoms with Crippen molar-refractivity contribution in [2.24, 2.45) is 0 Å². The molecule has 1 fully saturated rings. The van der Waals surface area contributed by atoms with E-state index in [1.807, 2.05) is 0 Å². The fraction of sp³-hybridized carbons (Fsp3) is 0.812. The predicted octanol–water partition coefficient (Wildman–Crippen LogP) is 5.22. The molecule has 1 aliphatic carbocycles. The van der Waals surface area contributed by atoms with E-state index < -0.39 is 8.32 Å². The van der Waals surface area contributed by atoms with Crippen LogP contribution in [0.1, 0.15) is 51.3 Å². The van der Waals surface area contributed by atoms with Crippen LogP contribution >= 0.6 is 23.1 Å². The van der Waals surface area contributed by atoms with Gasteiger partial charge in [0.15, 0.2) is 8.32 Å². The lowest BCUT2D eigenvalue weighted by Gasteiger charge is -2.43. The van der Waals surface area contributed by atoms with Gasteiger partial charge in [0.05, 0.1) is 22.2 Å². The molecule has 3 nitrogen and oxygen atoms in total. The molecule has 1 aromatic rings. The van der Waals surface area contributed by atoms with Crippen molar-refractivity contribution in [1.29, 1.82) is 0 Å². The maximum absolute atomic E-state index is 6.69. The van der Waals surface area contributed by atoms with Crippen molar-refractivity contribution in [3.63, 3.8) is 0 Å². The molecule has 1 aromatic heterocycles. The van der Waals surface area contributed by atoms with Gasteiger partial charge in [0.25, 0.3) is 0 Å². The molecule has 0 bridgehead atoms. The molecule has 0 aliphatic heterocycles. The number of nitrogens with one attached hydrogen (secondary N) is 1. The quantitative estimate of drug-likeness (QED) is 0.731. The first-order valence-electron chi connectivity index (χ1n) is 8.21. The number of hydrogen-bond donors (Lipinski definition) is 1. The molecule has 22 heavy (non-hydrogen) atoms. The fourth-order valence-electron chi connectivity index (χ4n) is 2.62. The van der Waals surface area contributed by atoms with Gasteiger partial charge in [-0.15, -0.1) is 0 Å². The Morgan fingerprint density at radius 3 is 2.64 bits per heavy atom. The van der Waals surface area contributed by atoms with Gasteiger partial charge < -0.3 is 9.74 Å². The Morgan fingerprint density at radius 2 is 2.05 bits per heavy atom. The molecule has 1 aliphatic rings. The van der Waals surface area contributed by atoms with E-state index in [2.05, 4.69) is 43.6 Å². The second-order valence-corrected chi connectivity index (χ2v) is 13.8. The van der Waals surface area contributed by atoms with E-state index in [4.69, 9.17) is 16.0 Å². The van der Waals surface area contributed by atoms with E-state index in [0.29, 0.717) is 12.1 Å². The lowest BCUT2D eigenvalue weighted by Crippen LogP contribution is -2.51. The molecule has 0 unspecified atom stereocenters. The smallest absolute Gasteiger partial charge is 0.192 e. The number of rotatable bonds is 5. The molecule has 2 atom stereocenters. The molecule has 2 rings (SSSR count). The highest BCUT2D eigenvalue weighted by Crippen LogP contribution is 2.39. The van der Waals surface area contributed by atoms with E-state index in [0.717, 1.165) is 16.4 Å². The molecule has 1 heterocycles. The van der Waals surface area contributed by atoms with Gasteiger partial charge in [0.1, 0.15) is 0 Å². The third-order valence-corrected chi connectivity index (χ3v) is 10.8. The Balaban J connectivity index is 1.98. The molecular formula is C16H29ClN2OSSi. The second-order valence-electron chi connectivity index (χ2n) is 7.79. The summed E-state index contributed by atoms with van der Waals surface area (Å²) in [5.74, 6) is 0. The number of halogens is 1. The van der Waals surface area contributed by atoms with E-state index in [9.17, 15) is 0 Å². The number of nitrogens with zero attached hydrogens (tertiary/aromatic N) is 1. The van der Waals surface area contributed by atoms with Gasteiger partial charge in [0.2, 0.25) is 0 Å². The highest BCUT2D eigenvalue weighted by molar-refractivity contribution is 7.06. The van der Waals surface area contributed by atoms with E-state index in [-0.39, 0.29) is 5.04 Å². The molecule has 0 radical (unpaired) electrons. The van der Waals surface area contributed by atoms with Crippen LogP contribution in [0, 0.1) is 0 Å². The summed E-state index contributed by atoms with van der Waals surface area (Å²) in [6.45, 7) is 12.4. The molecule has 0 aromatic carbocycles. The van der Waals surface area contributed by atoms with Crippen molar-refractivity contribution in [3.8, 4) is 0 Å². The Morgan fingerprint density at radius 1 is 1.36 bits per heavy atom. The summed E-state index contributed by atoms with van der Waals surface area (Å²) in [5, 5.41) is 4.71. The van der Waals surface area contributed by atoms with Crippen LogP contribution in [0.2, 0.25) is 23.2 Å². The van der Waals surface area contributed by atoms with Crippen LogP contribution in [0.5, 0.6) is 0 Å². The summed E-state index contributed by atoms with van der Waals surface area (Å²) in [7, 11) is -1.72. The summed E-state index contributed by atoms with van der Waals surface area (Å²) in [6.07, 6.45) is 6.98. The first-order chi connectivity index (χ1) is 10.2. The Labute approximate surface area is 145 Å². The molecule has 6 heteroatoms. The van der Waals surface area contributed by atoms with Crippen molar-refractivity contribution in [1.82, 2.24) is 9.69 Å². The Hall–Kier alpha value is 0.0569. The van der Waals surface area contributed by atoms with Gasteiger partial charge in [-0.2, -0.15) is 4.37 Å². The van der Waals surface area contributed by atoms with Gasteiger partial charge >= 0.3 is 0 Å². The first kappa shape index (κ1) is 18.4. The molecule has 0 amide bonds. The number of aromatic nitrogens is 1. The maximum Gasteiger partial charge on any atom is 0.192 e. The SMILES string of the molecule is CC(C)(C)[Si](C)(C)O[C@H]1CCCC[C@@H]1NCc1sncc1Cl. The topological polar surface area (TPSA) is 34.1 Å². The van der Waals surface area contributed by atoms with E-state index in [1.165, 1.54) is 37.2 Å². The zero-order valence-corrected chi connectivity index (χ0v) is 17.0. The Bertz CT molecular complexity index is 487. The molecule has 126 valence electrons. The highest BCUT2D eigenvalue weighted by atomic mass is 35.5.